The van der Waals surface area contributed by atoms with Crippen LogP contribution in [0.15, 0.2) is 12.5 Å². The van der Waals surface area contributed by atoms with Gasteiger partial charge < -0.3 is 14.5 Å². The van der Waals surface area contributed by atoms with Crippen LogP contribution in [0.1, 0.15) is 43.5 Å². The molecule has 3 rings (SSSR count). The molecule has 0 aliphatic carbocycles. The van der Waals surface area contributed by atoms with Gasteiger partial charge in [0.1, 0.15) is 5.82 Å². The third-order valence-corrected chi connectivity index (χ3v) is 3.68. The van der Waals surface area contributed by atoms with Gasteiger partial charge in [0.25, 0.3) is 0 Å². The summed E-state index contributed by atoms with van der Waals surface area (Å²) in [7, 11) is 0. The van der Waals surface area contributed by atoms with Gasteiger partial charge in [0.05, 0.1) is 18.6 Å². The molecule has 20 heavy (non-hydrogen) atoms. The third-order valence-electron chi connectivity index (χ3n) is 3.68. The fraction of sp³-hybridized carbons (Fsp3) is 0.643. The minimum atomic E-state index is 0.758. The van der Waals surface area contributed by atoms with E-state index in [1.807, 2.05) is 6.33 Å². The Balaban J connectivity index is 1.64. The van der Waals surface area contributed by atoms with Gasteiger partial charge >= 0.3 is 0 Å². The van der Waals surface area contributed by atoms with Crippen molar-refractivity contribution in [2.75, 3.05) is 6.54 Å². The van der Waals surface area contributed by atoms with E-state index in [4.69, 9.17) is 0 Å². The highest BCUT2D eigenvalue weighted by atomic mass is 15.3. The van der Waals surface area contributed by atoms with Crippen LogP contribution in [-0.4, -0.2) is 30.9 Å². The van der Waals surface area contributed by atoms with Crippen LogP contribution in [0.25, 0.3) is 0 Å². The van der Waals surface area contributed by atoms with Crippen molar-refractivity contribution in [1.29, 1.82) is 0 Å². The van der Waals surface area contributed by atoms with Gasteiger partial charge in [0, 0.05) is 25.7 Å². The molecule has 2 aromatic rings. The molecule has 0 aromatic carbocycles. The zero-order valence-electron chi connectivity index (χ0n) is 12.0. The Bertz CT molecular complexity index is 556. The smallest absolute Gasteiger partial charge is 0.153 e. The lowest BCUT2D eigenvalue weighted by Crippen LogP contribution is -2.15. The Hall–Kier alpha value is -1.69. The summed E-state index contributed by atoms with van der Waals surface area (Å²) in [5.74, 6) is 2.18. The molecular formula is C14H22N6. The molecule has 0 saturated carbocycles. The molecule has 0 bridgehead atoms. The number of aryl methyl sites for hydroxylation is 1. The van der Waals surface area contributed by atoms with Crippen molar-refractivity contribution in [2.24, 2.45) is 0 Å². The number of fused-ring (bicyclic) bond motifs is 1. The standard InChI is InChI=1S/C14H22N6/c1-2-6-15-8-12-9-19(11-16-12)10-14-18-17-13-5-3-4-7-20(13)14/h9,11,15H,2-8,10H2,1H3. The number of nitrogens with zero attached hydrogens (tertiary/aromatic N) is 5. The lowest BCUT2D eigenvalue weighted by Gasteiger charge is -2.14. The second-order valence-electron chi connectivity index (χ2n) is 5.36. The SMILES string of the molecule is CCCNCc1cn(Cc2nnc3n2CCCC3)cn1. The first-order chi connectivity index (χ1) is 9.86. The van der Waals surface area contributed by atoms with Gasteiger partial charge in [-0.3, -0.25) is 0 Å². The summed E-state index contributed by atoms with van der Waals surface area (Å²) in [5, 5.41) is 12.0. The molecular weight excluding hydrogens is 252 g/mol. The van der Waals surface area contributed by atoms with Gasteiger partial charge in [0.2, 0.25) is 0 Å². The van der Waals surface area contributed by atoms with Crippen LogP contribution < -0.4 is 5.32 Å². The Kier molecular flexibility index (Phi) is 4.11. The first-order valence-electron chi connectivity index (χ1n) is 7.49. The zero-order valence-corrected chi connectivity index (χ0v) is 12.0. The number of imidazole rings is 1. The Morgan fingerprint density at radius 1 is 1.30 bits per heavy atom. The summed E-state index contributed by atoms with van der Waals surface area (Å²) in [5.41, 5.74) is 1.08. The summed E-state index contributed by atoms with van der Waals surface area (Å²) >= 11 is 0. The van der Waals surface area contributed by atoms with Gasteiger partial charge in [-0.2, -0.15) is 0 Å². The highest BCUT2D eigenvalue weighted by molar-refractivity contribution is 5.02. The summed E-state index contributed by atoms with van der Waals surface area (Å²) in [6.07, 6.45) is 8.64. The molecule has 108 valence electrons. The fourth-order valence-electron chi connectivity index (χ4n) is 2.63. The number of hydrogen-bond acceptors (Lipinski definition) is 4. The normalized spacial score (nSPS) is 14.4. The Morgan fingerprint density at radius 3 is 3.15 bits per heavy atom. The topological polar surface area (TPSA) is 60.6 Å². The van der Waals surface area contributed by atoms with Crippen LogP contribution in [0.2, 0.25) is 0 Å². The van der Waals surface area contributed by atoms with E-state index in [2.05, 4.69) is 42.8 Å². The molecule has 0 saturated heterocycles. The lowest BCUT2D eigenvalue weighted by molar-refractivity contribution is 0.501. The molecule has 6 heteroatoms. The number of hydrogen-bond donors (Lipinski definition) is 1. The molecule has 6 nitrogen and oxygen atoms in total. The lowest BCUT2D eigenvalue weighted by atomic mass is 10.2. The predicted octanol–water partition coefficient (Wildman–Crippen LogP) is 1.36. The van der Waals surface area contributed by atoms with Crippen LogP contribution in [0, 0.1) is 0 Å². The maximum Gasteiger partial charge on any atom is 0.153 e. The molecule has 0 spiro atoms. The molecule has 1 aliphatic heterocycles. The van der Waals surface area contributed by atoms with Crippen molar-refractivity contribution in [3.63, 3.8) is 0 Å². The van der Waals surface area contributed by atoms with E-state index in [9.17, 15) is 0 Å². The average molecular weight is 274 g/mol. The van der Waals surface area contributed by atoms with Crippen molar-refractivity contribution >= 4 is 0 Å². The Labute approximate surface area is 119 Å². The molecule has 1 N–H and O–H groups in total. The Morgan fingerprint density at radius 2 is 2.25 bits per heavy atom. The maximum atomic E-state index is 4.42. The summed E-state index contributed by atoms with van der Waals surface area (Å²) in [6, 6.07) is 0. The van der Waals surface area contributed by atoms with Crippen LogP contribution in [-0.2, 0) is 26.1 Å². The quantitative estimate of drug-likeness (QED) is 0.808. The average Bonchev–Trinajstić information content (AvgIpc) is 3.08. The second kappa shape index (κ2) is 6.17. The first-order valence-corrected chi connectivity index (χ1v) is 7.49. The maximum absolute atomic E-state index is 4.42. The minimum absolute atomic E-state index is 0.758. The summed E-state index contributed by atoms with van der Waals surface area (Å²) in [6.45, 7) is 5.84. The van der Waals surface area contributed by atoms with E-state index >= 15 is 0 Å². The van der Waals surface area contributed by atoms with Crippen molar-refractivity contribution < 1.29 is 0 Å². The van der Waals surface area contributed by atoms with E-state index < -0.39 is 0 Å². The van der Waals surface area contributed by atoms with Gasteiger partial charge in [0.15, 0.2) is 5.82 Å². The summed E-state index contributed by atoms with van der Waals surface area (Å²) in [4.78, 5) is 4.42. The van der Waals surface area contributed by atoms with E-state index in [0.29, 0.717) is 0 Å². The van der Waals surface area contributed by atoms with E-state index in [0.717, 1.165) is 56.4 Å². The largest absolute Gasteiger partial charge is 0.329 e. The summed E-state index contributed by atoms with van der Waals surface area (Å²) < 4.78 is 4.35. The number of aromatic nitrogens is 5. The predicted molar refractivity (Wildman–Crippen MR) is 76.3 cm³/mol. The molecule has 0 fully saturated rings. The molecule has 1 aliphatic rings. The monoisotopic (exact) mass is 274 g/mol. The number of nitrogens with one attached hydrogen (secondary N) is 1. The molecule has 0 amide bonds. The number of rotatable bonds is 6. The molecule has 3 heterocycles. The molecule has 0 radical (unpaired) electrons. The van der Waals surface area contributed by atoms with Gasteiger partial charge in [-0.1, -0.05) is 6.92 Å². The van der Waals surface area contributed by atoms with Crippen molar-refractivity contribution in [3.05, 3.63) is 29.9 Å². The first kappa shape index (κ1) is 13.3. The fourth-order valence-corrected chi connectivity index (χ4v) is 2.63. The highest BCUT2D eigenvalue weighted by Crippen LogP contribution is 2.15. The third kappa shape index (κ3) is 2.90. The molecule has 2 aromatic heterocycles. The molecule has 0 atom stereocenters. The van der Waals surface area contributed by atoms with Crippen molar-refractivity contribution in [3.8, 4) is 0 Å². The second-order valence-corrected chi connectivity index (χ2v) is 5.36. The van der Waals surface area contributed by atoms with Crippen LogP contribution in [0.5, 0.6) is 0 Å². The van der Waals surface area contributed by atoms with E-state index in [1.54, 1.807) is 0 Å². The minimum Gasteiger partial charge on any atom is -0.329 e. The zero-order chi connectivity index (χ0) is 13.8. The van der Waals surface area contributed by atoms with Crippen molar-refractivity contribution in [1.82, 2.24) is 29.6 Å². The van der Waals surface area contributed by atoms with Crippen LogP contribution >= 0.6 is 0 Å². The van der Waals surface area contributed by atoms with Crippen molar-refractivity contribution in [2.45, 2.75) is 52.2 Å². The van der Waals surface area contributed by atoms with Gasteiger partial charge in [-0.25, -0.2) is 4.98 Å². The van der Waals surface area contributed by atoms with Crippen LogP contribution in [0.3, 0.4) is 0 Å². The molecule has 0 unspecified atom stereocenters. The van der Waals surface area contributed by atoms with Gasteiger partial charge in [-0.05, 0) is 25.8 Å². The van der Waals surface area contributed by atoms with Crippen LogP contribution in [0.4, 0.5) is 0 Å². The highest BCUT2D eigenvalue weighted by Gasteiger charge is 2.15. The van der Waals surface area contributed by atoms with E-state index in [1.165, 1.54) is 12.8 Å². The van der Waals surface area contributed by atoms with E-state index in [-0.39, 0.29) is 0 Å². The van der Waals surface area contributed by atoms with Gasteiger partial charge in [-0.15, -0.1) is 10.2 Å².